The minimum absolute atomic E-state index is 0.686. The molecule has 1 aromatic heterocycles. The van der Waals surface area contributed by atoms with E-state index in [-0.39, 0.29) is 0 Å². The second-order valence-electron chi connectivity index (χ2n) is 4.34. The van der Waals surface area contributed by atoms with Gasteiger partial charge in [0.25, 0.3) is 0 Å². The zero-order valence-corrected chi connectivity index (χ0v) is 9.95. The number of aromatic nitrogens is 3. The Labute approximate surface area is 96.6 Å². The fraction of sp³-hybridized carbons (Fsp3) is 0.818. The summed E-state index contributed by atoms with van der Waals surface area (Å²) in [7, 11) is 0. The highest BCUT2D eigenvalue weighted by Gasteiger charge is 2.16. The molecule has 2 N–H and O–H groups in total. The number of piperidine rings is 1. The van der Waals surface area contributed by atoms with Crippen molar-refractivity contribution in [2.24, 2.45) is 0 Å². The Morgan fingerprint density at radius 3 is 2.94 bits per heavy atom. The predicted molar refractivity (Wildman–Crippen MR) is 63.2 cm³/mol. The first-order chi connectivity index (χ1) is 7.88. The maximum Gasteiger partial charge on any atom is 0.137 e. The zero-order valence-electron chi connectivity index (χ0n) is 9.95. The molecule has 90 valence electrons. The van der Waals surface area contributed by atoms with Crippen molar-refractivity contribution in [3.63, 3.8) is 0 Å². The molecule has 1 fully saturated rings. The van der Waals surface area contributed by atoms with Gasteiger partial charge in [-0.05, 0) is 32.5 Å². The van der Waals surface area contributed by atoms with E-state index in [2.05, 4.69) is 32.3 Å². The first kappa shape index (κ1) is 11.5. The lowest BCUT2D eigenvalue weighted by Crippen LogP contribution is -2.42. The predicted octanol–water partition coefficient (Wildman–Crippen LogP) is 0.421. The van der Waals surface area contributed by atoms with Gasteiger partial charge < -0.3 is 10.2 Å². The number of hydrogen-bond acceptors (Lipinski definition) is 4. The molecule has 2 rings (SSSR count). The van der Waals surface area contributed by atoms with Gasteiger partial charge in [-0.25, -0.2) is 4.98 Å². The van der Waals surface area contributed by atoms with Crippen LogP contribution in [0.25, 0.3) is 0 Å². The lowest BCUT2D eigenvalue weighted by molar-refractivity contribution is 0.207. The molecule has 0 unspecified atom stereocenters. The van der Waals surface area contributed by atoms with E-state index in [1.54, 1.807) is 6.33 Å². The van der Waals surface area contributed by atoms with Gasteiger partial charge in [-0.3, -0.25) is 5.10 Å². The summed E-state index contributed by atoms with van der Waals surface area (Å²) in [6.45, 7) is 6.88. The Hall–Kier alpha value is -0.940. The zero-order chi connectivity index (χ0) is 11.2. The SMILES string of the molecule is CCN1CCC(NCCc2ncn[nH]2)CC1. The molecule has 1 aromatic rings. The van der Waals surface area contributed by atoms with Crippen LogP contribution >= 0.6 is 0 Å². The first-order valence-electron chi connectivity index (χ1n) is 6.18. The second-order valence-corrected chi connectivity index (χ2v) is 4.34. The topological polar surface area (TPSA) is 56.8 Å². The third kappa shape index (κ3) is 3.28. The summed E-state index contributed by atoms with van der Waals surface area (Å²) in [6, 6.07) is 0.686. The van der Waals surface area contributed by atoms with Crippen molar-refractivity contribution in [1.29, 1.82) is 0 Å². The van der Waals surface area contributed by atoms with Gasteiger partial charge in [0.2, 0.25) is 0 Å². The summed E-state index contributed by atoms with van der Waals surface area (Å²) >= 11 is 0. The molecule has 2 heterocycles. The third-order valence-corrected chi connectivity index (χ3v) is 3.29. The molecule has 1 saturated heterocycles. The van der Waals surface area contributed by atoms with Crippen LogP contribution in [0.4, 0.5) is 0 Å². The fourth-order valence-corrected chi connectivity index (χ4v) is 2.20. The monoisotopic (exact) mass is 223 g/mol. The highest BCUT2D eigenvalue weighted by molar-refractivity contribution is 4.83. The molecule has 0 aliphatic carbocycles. The molecule has 1 aliphatic heterocycles. The van der Waals surface area contributed by atoms with E-state index in [0.29, 0.717) is 6.04 Å². The molecule has 16 heavy (non-hydrogen) atoms. The normalized spacial score (nSPS) is 19.1. The number of nitrogens with zero attached hydrogens (tertiary/aromatic N) is 3. The summed E-state index contributed by atoms with van der Waals surface area (Å²) in [5.41, 5.74) is 0. The molecule has 0 amide bonds. The van der Waals surface area contributed by atoms with Crippen LogP contribution in [0.15, 0.2) is 6.33 Å². The Morgan fingerprint density at radius 1 is 1.50 bits per heavy atom. The van der Waals surface area contributed by atoms with Gasteiger partial charge in [0.15, 0.2) is 0 Å². The number of nitrogens with one attached hydrogen (secondary N) is 2. The minimum Gasteiger partial charge on any atom is -0.313 e. The molecular weight excluding hydrogens is 202 g/mol. The maximum absolute atomic E-state index is 4.11. The van der Waals surface area contributed by atoms with Gasteiger partial charge in [-0.2, -0.15) is 5.10 Å². The number of aromatic amines is 1. The van der Waals surface area contributed by atoms with Gasteiger partial charge in [0.05, 0.1) is 0 Å². The van der Waals surface area contributed by atoms with E-state index in [1.165, 1.54) is 32.5 Å². The van der Waals surface area contributed by atoms with Crippen LogP contribution in [-0.2, 0) is 6.42 Å². The quantitative estimate of drug-likeness (QED) is 0.759. The standard InChI is InChI=1S/C11H21N5/c1-2-16-7-4-10(5-8-16)12-6-3-11-13-9-14-15-11/h9-10,12H,2-8H2,1H3,(H,13,14,15). The van der Waals surface area contributed by atoms with Crippen molar-refractivity contribution in [3.8, 4) is 0 Å². The van der Waals surface area contributed by atoms with Crippen LogP contribution in [0.5, 0.6) is 0 Å². The first-order valence-corrected chi connectivity index (χ1v) is 6.18. The Kier molecular flexibility index (Phi) is 4.30. The summed E-state index contributed by atoms with van der Waals surface area (Å²) in [4.78, 5) is 6.62. The highest BCUT2D eigenvalue weighted by Crippen LogP contribution is 2.09. The van der Waals surface area contributed by atoms with Crippen LogP contribution in [0.2, 0.25) is 0 Å². The Bertz CT molecular complexity index is 277. The molecule has 0 bridgehead atoms. The van der Waals surface area contributed by atoms with Crippen LogP contribution in [0.3, 0.4) is 0 Å². The van der Waals surface area contributed by atoms with Gasteiger partial charge in [0.1, 0.15) is 12.2 Å². The van der Waals surface area contributed by atoms with E-state index in [0.717, 1.165) is 18.8 Å². The van der Waals surface area contributed by atoms with Crippen molar-refractivity contribution < 1.29 is 0 Å². The minimum atomic E-state index is 0.686. The van der Waals surface area contributed by atoms with Crippen molar-refractivity contribution in [2.75, 3.05) is 26.2 Å². The number of rotatable bonds is 5. The molecule has 0 saturated carbocycles. The fourth-order valence-electron chi connectivity index (χ4n) is 2.20. The Morgan fingerprint density at radius 2 is 2.31 bits per heavy atom. The second kappa shape index (κ2) is 5.96. The lowest BCUT2D eigenvalue weighted by atomic mass is 10.1. The molecule has 1 aliphatic rings. The average molecular weight is 223 g/mol. The molecule has 0 spiro atoms. The van der Waals surface area contributed by atoms with Crippen molar-refractivity contribution in [2.45, 2.75) is 32.2 Å². The average Bonchev–Trinajstić information content (AvgIpc) is 2.83. The lowest BCUT2D eigenvalue weighted by Gasteiger charge is -2.31. The van der Waals surface area contributed by atoms with Crippen molar-refractivity contribution in [1.82, 2.24) is 25.4 Å². The Balaban J connectivity index is 1.60. The van der Waals surface area contributed by atoms with E-state index >= 15 is 0 Å². The number of likely N-dealkylation sites (tertiary alicyclic amines) is 1. The van der Waals surface area contributed by atoms with Crippen LogP contribution in [-0.4, -0.2) is 52.3 Å². The largest absolute Gasteiger partial charge is 0.313 e. The van der Waals surface area contributed by atoms with E-state index < -0.39 is 0 Å². The summed E-state index contributed by atoms with van der Waals surface area (Å²) in [6.07, 6.45) is 5.04. The summed E-state index contributed by atoms with van der Waals surface area (Å²) in [5, 5.41) is 10.3. The number of hydrogen-bond donors (Lipinski definition) is 2. The molecule has 0 aromatic carbocycles. The molecule has 5 nitrogen and oxygen atoms in total. The molecule has 0 radical (unpaired) electrons. The van der Waals surface area contributed by atoms with Crippen molar-refractivity contribution in [3.05, 3.63) is 12.2 Å². The highest BCUT2D eigenvalue weighted by atomic mass is 15.2. The van der Waals surface area contributed by atoms with Crippen LogP contribution < -0.4 is 5.32 Å². The van der Waals surface area contributed by atoms with Gasteiger partial charge in [-0.15, -0.1) is 0 Å². The third-order valence-electron chi connectivity index (χ3n) is 3.29. The van der Waals surface area contributed by atoms with Gasteiger partial charge in [-0.1, -0.05) is 6.92 Å². The van der Waals surface area contributed by atoms with Crippen LogP contribution in [0, 0.1) is 0 Å². The summed E-state index contributed by atoms with van der Waals surface area (Å²) in [5.74, 6) is 0.971. The summed E-state index contributed by atoms with van der Waals surface area (Å²) < 4.78 is 0. The smallest absolute Gasteiger partial charge is 0.137 e. The molecule has 0 atom stereocenters. The van der Waals surface area contributed by atoms with E-state index in [9.17, 15) is 0 Å². The molecule has 5 heteroatoms. The van der Waals surface area contributed by atoms with Gasteiger partial charge >= 0.3 is 0 Å². The maximum atomic E-state index is 4.11. The number of H-pyrrole nitrogens is 1. The van der Waals surface area contributed by atoms with E-state index in [1.807, 2.05) is 0 Å². The molecular formula is C11H21N5. The van der Waals surface area contributed by atoms with E-state index in [4.69, 9.17) is 0 Å². The van der Waals surface area contributed by atoms with Crippen LogP contribution in [0.1, 0.15) is 25.6 Å². The van der Waals surface area contributed by atoms with Crippen molar-refractivity contribution >= 4 is 0 Å². The van der Waals surface area contributed by atoms with Gasteiger partial charge in [0, 0.05) is 19.0 Å².